The van der Waals surface area contributed by atoms with Crippen molar-refractivity contribution in [1.82, 2.24) is 15.0 Å². The standard InChI is InChI=1S/C17H32BrN3O/c1-5-7-9-10-12-14-17(3,13-11-8-6-2)21-19-15(18)16(20-21)22-4/h5-14H2,1-4H3. The van der Waals surface area contributed by atoms with E-state index in [4.69, 9.17) is 4.74 Å². The lowest BCUT2D eigenvalue weighted by molar-refractivity contribution is 0.197. The first-order valence-electron chi connectivity index (χ1n) is 8.74. The predicted molar refractivity (Wildman–Crippen MR) is 95.4 cm³/mol. The van der Waals surface area contributed by atoms with Crippen molar-refractivity contribution in [3.8, 4) is 5.88 Å². The molecule has 1 unspecified atom stereocenters. The summed E-state index contributed by atoms with van der Waals surface area (Å²) in [6.45, 7) is 6.79. The van der Waals surface area contributed by atoms with Gasteiger partial charge in [0.1, 0.15) is 0 Å². The number of aromatic nitrogens is 3. The molecular weight excluding hydrogens is 342 g/mol. The lowest BCUT2D eigenvalue weighted by Gasteiger charge is -2.28. The van der Waals surface area contributed by atoms with Crippen LogP contribution in [0.25, 0.3) is 0 Å². The summed E-state index contributed by atoms with van der Waals surface area (Å²) in [6.07, 6.45) is 12.5. The minimum atomic E-state index is -0.0132. The van der Waals surface area contributed by atoms with Crippen LogP contribution in [0.15, 0.2) is 4.60 Å². The molecule has 22 heavy (non-hydrogen) atoms. The third-order valence-electron chi connectivity index (χ3n) is 4.36. The molecule has 0 saturated heterocycles. The third kappa shape index (κ3) is 5.90. The summed E-state index contributed by atoms with van der Waals surface area (Å²) in [5.41, 5.74) is -0.0132. The highest BCUT2D eigenvalue weighted by molar-refractivity contribution is 9.10. The van der Waals surface area contributed by atoms with E-state index in [0.29, 0.717) is 10.5 Å². The summed E-state index contributed by atoms with van der Waals surface area (Å²) >= 11 is 3.43. The molecule has 0 aliphatic rings. The Morgan fingerprint density at radius 2 is 1.50 bits per heavy atom. The lowest BCUT2D eigenvalue weighted by atomic mass is 9.89. The van der Waals surface area contributed by atoms with Gasteiger partial charge in [0.25, 0.3) is 5.88 Å². The van der Waals surface area contributed by atoms with Gasteiger partial charge in [-0.25, -0.2) is 0 Å². The molecule has 0 saturated carbocycles. The van der Waals surface area contributed by atoms with Crippen LogP contribution < -0.4 is 4.74 Å². The minimum Gasteiger partial charge on any atom is -0.478 e. The molecule has 0 amide bonds. The van der Waals surface area contributed by atoms with E-state index in [1.807, 2.05) is 4.80 Å². The molecule has 1 aromatic rings. The fourth-order valence-corrected chi connectivity index (χ4v) is 3.22. The summed E-state index contributed by atoms with van der Waals surface area (Å²) in [6, 6.07) is 0. The van der Waals surface area contributed by atoms with Crippen molar-refractivity contribution in [1.29, 1.82) is 0 Å². The van der Waals surface area contributed by atoms with Crippen LogP contribution in [0.2, 0.25) is 0 Å². The summed E-state index contributed by atoms with van der Waals surface area (Å²) < 4.78 is 5.96. The fourth-order valence-electron chi connectivity index (χ4n) is 2.83. The molecule has 0 aliphatic carbocycles. The number of nitrogens with zero attached hydrogens (tertiary/aromatic N) is 3. The van der Waals surface area contributed by atoms with Gasteiger partial charge in [0.05, 0.1) is 12.6 Å². The Kier molecular flexibility index (Phi) is 9.06. The van der Waals surface area contributed by atoms with Gasteiger partial charge in [-0.15, -0.1) is 10.2 Å². The van der Waals surface area contributed by atoms with E-state index >= 15 is 0 Å². The molecule has 4 nitrogen and oxygen atoms in total. The highest BCUT2D eigenvalue weighted by Crippen LogP contribution is 2.31. The van der Waals surface area contributed by atoms with E-state index in [1.165, 1.54) is 51.4 Å². The molecular formula is C17H32BrN3O. The SMILES string of the molecule is CCCCCCCC(C)(CCCCC)n1nc(Br)c(OC)n1. The van der Waals surface area contributed by atoms with Gasteiger partial charge < -0.3 is 4.74 Å². The van der Waals surface area contributed by atoms with E-state index < -0.39 is 0 Å². The summed E-state index contributed by atoms with van der Waals surface area (Å²) in [4.78, 5) is 1.88. The van der Waals surface area contributed by atoms with Crippen LogP contribution in [0.5, 0.6) is 5.88 Å². The van der Waals surface area contributed by atoms with Gasteiger partial charge in [0.15, 0.2) is 4.60 Å². The first-order valence-corrected chi connectivity index (χ1v) is 9.54. The highest BCUT2D eigenvalue weighted by Gasteiger charge is 2.29. The van der Waals surface area contributed by atoms with Gasteiger partial charge >= 0.3 is 0 Å². The summed E-state index contributed by atoms with van der Waals surface area (Å²) in [7, 11) is 1.64. The average molecular weight is 374 g/mol. The zero-order chi connectivity index (χ0) is 16.4. The maximum Gasteiger partial charge on any atom is 0.268 e. The zero-order valence-electron chi connectivity index (χ0n) is 14.7. The van der Waals surface area contributed by atoms with Crippen LogP contribution in [-0.2, 0) is 5.54 Å². The Morgan fingerprint density at radius 3 is 2.05 bits per heavy atom. The van der Waals surface area contributed by atoms with E-state index in [-0.39, 0.29) is 5.54 Å². The van der Waals surface area contributed by atoms with Crippen LogP contribution >= 0.6 is 15.9 Å². The number of rotatable bonds is 12. The van der Waals surface area contributed by atoms with Crippen molar-refractivity contribution in [2.75, 3.05) is 7.11 Å². The topological polar surface area (TPSA) is 39.9 Å². The van der Waals surface area contributed by atoms with Crippen molar-refractivity contribution in [3.05, 3.63) is 4.60 Å². The number of hydrogen-bond donors (Lipinski definition) is 0. The van der Waals surface area contributed by atoms with Crippen molar-refractivity contribution in [2.45, 2.75) is 90.5 Å². The third-order valence-corrected chi connectivity index (χ3v) is 4.86. The molecule has 0 radical (unpaired) electrons. The Balaban J connectivity index is 2.71. The highest BCUT2D eigenvalue weighted by atomic mass is 79.9. The van der Waals surface area contributed by atoms with Gasteiger partial charge in [-0.05, 0) is 35.7 Å². The number of ether oxygens (including phenoxy) is 1. The number of methoxy groups -OCH3 is 1. The molecule has 1 rings (SSSR count). The maximum atomic E-state index is 5.26. The van der Waals surface area contributed by atoms with Gasteiger partial charge in [-0.2, -0.15) is 4.80 Å². The van der Waals surface area contributed by atoms with Crippen molar-refractivity contribution in [3.63, 3.8) is 0 Å². The number of unbranched alkanes of at least 4 members (excludes halogenated alkanes) is 6. The van der Waals surface area contributed by atoms with E-state index in [9.17, 15) is 0 Å². The molecule has 5 heteroatoms. The van der Waals surface area contributed by atoms with E-state index in [1.54, 1.807) is 7.11 Å². The number of hydrogen-bond acceptors (Lipinski definition) is 3. The first-order chi connectivity index (χ1) is 10.6. The Morgan fingerprint density at radius 1 is 0.955 bits per heavy atom. The van der Waals surface area contributed by atoms with Crippen LogP contribution in [0.1, 0.15) is 85.0 Å². The quantitative estimate of drug-likeness (QED) is 0.440. The van der Waals surface area contributed by atoms with Gasteiger partial charge in [0, 0.05) is 0 Å². The van der Waals surface area contributed by atoms with Crippen LogP contribution in [0.3, 0.4) is 0 Å². The van der Waals surface area contributed by atoms with Crippen LogP contribution in [0.4, 0.5) is 0 Å². The second kappa shape index (κ2) is 10.2. The normalized spacial score (nSPS) is 14.0. The molecule has 0 N–H and O–H groups in total. The first kappa shape index (κ1) is 19.5. The number of halogens is 1. The lowest BCUT2D eigenvalue weighted by Crippen LogP contribution is -2.32. The van der Waals surface area contributed by atoms with Gasteiger partial charge in [-0.1, -0.05) is 65.2 Å². The monoisotopic (exact) mass is 373 g/mol. The molecule has 0 fully saturated rings. The average Bonchev–Trinajstić information content (AvgIpc) is 2.89. The summed E-state index contributed by atoms with van der Waals surface area (Å²) in [5.74, 6) is 0.577. The van der Waals surface area contributed by atoms with Crippen LogP contribution in [-0.4, -0.2) is 22.1 Å². The van der Waals surface area contributed by atoms with E-state index in [2.05, 4.69) is 46.9 Å². The Bertz CT molecular complexity index is 422. The molecule has 0 spiro atoms. The maximum absolute atomic E-state index is 5.26. The molecule has 0 aliphatic heterocycles. The minimum absolute atomic E-state index is 0.0132. The predicted octanol–water partition coefficient (Wildman–Crippen LogP) is 5.71. The van der Waals surface area contributed by atoms with Gasteiger partial charge in [0.2, 0.25) is 0 Å². The fraction of sp³-hybridized carbons (Fsp3) is 0.882. The second-order valence-corrected chi connectivity index (χ2v) is 7.16. The smallest absolute Gasteiger partial charge is 0.268 e. The van der Waals surface area contributed by atoms with Crippen molar-refractivity contribution >= 4 is 15.9 Å². The Labute approximate surface area is 144 Å². The molecule has 1 heterocycles. The second-order valence-electron chi connectivity index (χ2n) is 6.41. The summed E-state index contributed by atoms with van der Waals surface area (Å²) in [5, 5.41) is 9.08. The van der Waals surface area contributed by atoms with Crippen molar-refractivity contribution < 1.29 is 4.74 Å². The van der Waals surface area contributed by atoms with E-state index in [0.717, 1.165) is 12.8 Å². The largest absolute Gasteiger partial charge is 0.478 e. The zero-order valence-corrected chi connectivity index (χ0v) is 16.3. The molecule has 128 valence electrons. The molecule has 0 aromatic carbocycles. The molecule has 0 bridgehead atoms. The molecule has 1 atom stereocenters. The van der Waals surface area contributed by atoms with Crippen molar-refractivity contribution in [2.24, 2.45) is 0 Å². The van der Waals surface area contributed by atoms with Crippen LogP contribution in [0, 0.1) is 0 Å². The van der Waals surface area contributed by atoms with Gasteiger partial charge in [-0.3, -0.25) is 0 Å². The Hall–Kier alpha value is -0.580. The molecule has 1 aromatic heterocycles.